The summed E-state index contributed by atoms with van der Waals surface area (Å²) in [5, 5.41) is 0. The third-order valence-electron chi connectivity index (χ3n) is 6.44. The van der Waals surface area contributed by atoms with Gasteiger partial charge < -0.3 is 9.64 Å². The zero-order chi connectivity index (χ0) is 23.4. The number of carbonyl (C=O) groups is 2. The van der Waals surface area contributed by atoms with Gasteiger partial charge in [-0.1, -0.05) is 56.3 Å². The Morgan fingerprint density at radius 1 is 0.939 bits per heavy atom. The second-order valence-electron chi connectivity index (χ2n) is 9.42. The van der Waals surface area contributed by atoms with Crippen molar-refractivity contribution in [2.24, 2.45) is 11.8 Å². The van der Waals surface area contributed by atoms with Crippen LogP contribution in [0.15, 0.2) is 60.3 Å². The Labute approximate surface area is 197 Å². The lowest BCUT2D eigenvalue weighted by atomic mass is 9.89. The maximum Gasteiger partial charge on any atom is 0.277 e. The average Bonchev–Trinajstić information content (AvgIpc) is 3.05. The van der Waals surface area contributed by atoms with Crippen LogP contribution in [-0.4, -0.2) is 47.9 Å². The molecule has 0 aliphatic carbocycles. The lowest BCUT2D eigenvalue weighted by Gasteiger charge is -2.34. The highest BCUT2D eigenvalue weighted by Gasteiger charge is 2.42. The smallest absolute Gasteiger partial charge is 0.277 e. The van der Waals surface area contributed by atoms with E-state index in [2.05, 4.69) is 29.2 Å². The lowest BCUT2D eigenvalue weighted by Crippen LogP contribution is -2.40. The van der Waals surface area contributed by atoms with Gasteiger partial charge in [-0.05, 0) is 61.3 Å². The topological polar surface area (TPSA) is 49.9 Å². The van der Waals surface area contributed by atoms with E-state index in [1.165, 1.54) is 10.5 Å². The van der Waals surface area contributed by atoms with Crippen LogP contribution in [0.25, 0.3) is 5.57 Å². The van der Waals surface area contributed by atoms with Gasteiger partial charge in [0.25, 0.3) is 11.8 Å². The fourth-order valence-electron chi connectivity index (χ4n) is 4.84. The minimum atomic E-state index is -0.181. The number of nitrogens with zero attached hydrogens (tertiary/aromatic N) is 2. The highest BCUT2D eigenvalue weighted by atomic mass is 16.5. The van der Waals surface area contributed by atoms with E-state index in [-0.39, 0.29) is 17.7 Å². The molecule has 2 aliphatic rings. The number of likely N-dealkylation sites (tertiary alicyclic amines) is 1. The predicted octanol–water partition coefficient (Wildman–Crippen LogP) is 4.78. The van der Waals surface area contributed by atoms with Gasteiger partial charge in [-0.25, -0.2) is 0 Å². The van der Waals surface area contributed by atoms with Gasteiger partial charge in [0.2, 0.25) is 0 Å². The molecule has 0 N–H and O–H groups in total. The van der Waals surface area contributed by atoms with Gasteiger partial charge in [-0.15, -0.1) is 0 Å². The molecular formula is C28H34N2O3. The maximum atomic E-state index is 13.5. The second-order valence-corrected chi connectivity index (χ2v) is 9.42. The third-order valence-corrected chi connectivity index (χ3v) is 6.44. The fraction of sp³-hybridized carbons (Fsp3) is 0.429. The number of hydrogen-bond acceptors (Lipinski definition) is 4. The number of carbonyl (C=O) groups excluding carboxylic acids is 2. The van der Waals surface area contributed by atoms with E-state index < -0.39 is 0 Å². The predicted molar refractivity (Wildman–Crippen MR) is 131 cm³/mol. The van der Waals surface area contributed by atoms with Crippen LogP contribution in [0.3, 0.4) is 0 Å². The van der Waals surface area contributed by atoms with Crippen molar-refractivity contribution in [2.45, 2.75) is 40.0 Å². The number of rotatable bonds is 8. The molecule has 174 valence electrons. The fourth-order valence-corrected chi connectivity index (χ4v) is 4.84. The summed E-state index contributed by atoms with van der Waals surface area (Å²) in [5.74, 6) is 1.24. The van der Waals surface area contributed by atoms with Crippen LogP contribution in [-0.2, 0) is 16.0 Å². The van der Waals surface area contributed by atoms with Gasteiger partial charge in [0.1, 0.15) is 11.4 Å². The molecule has 4 rings (SSSR count). The van der Waals surface area contributed by atoms with E-state index in [0.29, 0.717) is 30.3 Å². The van der Waals surface area contributed by atoms with E-state index >= 15 is 0 Å². The van der Waals surface area contributed by atoms with Crippen molar-refractivity contribution in [3.05, 3.63) is 71.4 Å². The largest absolute Gasteiger partial charge is 0.494 e. The number of imide groups is 1. The Morgan fingerprint density at radius 3 is 2.21 bits per heavy atom. The average molecular weight is 447 g/mol. The van der Waals surface area contributed by atoms with Gasteiger partial charge in [0, 0.05) is 19.6 Å². The van der Waals surface area contributed by atoms with Crippen molar-refractivity contribution in [2.75, 3.05) is 26.2 Å². The number of benzene rings is 2. The van der Waals surface area contributed by atoms with Gasteiger partial charge in [-0.2, -0.15) is 0 Å². The van der Waals surface area contributed by atoms with Crippen molar-refractivity contribution < 1.29 is 14.3 Å². The Morgan fingerprint density at radius 2 is 1.61 bits per heavy atom. The quantitative estimate of drug-likeness (QED) is 0.548. The van der Waals surface area contributed by atoms with Crippen molar-refractivity contribution in [3.8, 4) is 5.75 Å². The second kappa shape index (κ2) is 10.2. The molecule has 2 aromatic carbocycles. The molecule has 2 heterocycles. The molecule has 5 nitrogen and oxygen atoms in total. The molecule has 0 bridgehead atoms. The van der Waals surface area contributed by atoms with Crippen molar-refractivity contribution in [1.82, 2.24) is 9.80 Å². The Bertz CT molecular complexity index is 1000. The summed E-state index contributed by atoms with van der Waals surface area (Å²) in [4.78, 5) is 30.4. The van der Waals surface area contributed by atoms with Gasteiger partial charge >= 0.3 is 0 Å². The van der Waals surface area contributed by atoms with E-state index in [1.54, 1.807) is 0 Å². The van der Waals surface area contributed by atoms with Gasteiger partial charge in [0.15, 0.2) is 0 Å². The molecule has 33 heavy (non-hydrogen) atoms. The van der Waals surface area contributed by atoms with Crippen LogP contribution < -0.4 is 4.74 Å². The minimum Gasteiger partial charge on any atom is -0.494 e. The number of piperidine rings is 1. The molecule has 0 aromatic heterocycles. The Kier molecular flexibility index (Phi) is 7.17. The summed E-state index contributed by atoms with van der Waals surface area (Å²) in [7, 11) is 0. The summed E-state index contributed by atoms with van der Waals surface area (Å²) in [6.07, 6.45) is 3.09. The van der Waals surface area contributed by atoms with Crippen LogP contribution in [0.1, 0.15) is 44.7 Å². The molecule has 2 aromatic rings. The molecule has 0 atom stereocenters. The summed E-state index contributed by atoms with van der Waals surface area (Å²) >= 11 is 0. The number of hydrogen-bond donors (Lipinski definition) is 0. The first-order chi connectivity index (χ1) is 16.0. The van der Waals surface area contributed by atoms with Crippen molar-refractivity contribution in [1.29, 1.82) is 0 Å². The van der Waals surface area contributed by atoms with Crippen LogP contribution >= 0.6 is 0 Å². The first-order valence-corrected chi connectivity index (χ1v) is 12.1. The first-order valence-electron chi connectivity index (χ1n) is 12.1. The molecule has 0 unspecified atom stereocenters. The normalized spacial score (nSPS) is 17.5. The highest BCUT2D eigenvalue weighted by Crippen LogP contribution is 2.35. The van der Waals surface area contributed by atoms with Crippen molar-refractivity contribution >= 4 is 17.4 Å². The van der Waals surface area contributed by atoms with E-state index in [4.69, 9.17) is 4.74 Å². The highest BCUT2D eigenvalue weighted by molar-refractivity contribution is 6.35. The molecular weight excluding hydrogens is 412 g/mol. The molecule has 1 fully saturated rings. The van der Waals surface area contributed by atoms with Crippen LogP contribution in [0, 0.1) is 11.8 Å². The number of amides is 2. The number of ether oxygens (including phenoxy) is 1. The van der Waals surface area contributed by atoms with Crippen LogP contribution in [0.4, 0.5) is 0 Å². The monoisotopic (exact) mass is 446 g/mol. The summed E-state index contributed by atoms with van der Waals surface area (Å²) in [6, 6.07) is 18.1. The third kappa shape index (κ3) is 5.13. The zero-order valence-corrected chi connectivity index (χ0v) is 19.9. The summed E-state index contributed by atoms with van der Waals surface area (Å²) < 4.78 is 5.56. The molecule has 0 radical (unpaired) electrons. The zero-order valence-electron chi connectivity index (χ0n) is 19.9. The lowest BCUT2D eigenvalue weighted by molar-refractivity contribution is -0.138. The van der Waals surface area contributed by atoms with Gasteiger partial charge in [-0.3, -0.25) is 14.5 Å². The standard InChI is InChI=1S/C28H34N2O3/c1-4-33-24-12-10-23(11-13-24)25-26(28(32)30(27(25)31)19-20(2)3)29-16-14-22(15-17-29)18-21-8-6-5-7-9-21/h5-13,20,22H,4,14-19H2,1-3H3. The van der Waals surface area contributed by atoms with E-state index in [9.17, 15) is 9.59 Å². The van der Waals surface area contributed by atoms with Crippen molar-refractivity contribution in [3.63, 3.8) is 0 Å². The maximum absolute atomic E-state index is 13.5. The Hall–Kier alpha value is -3.08. The van der Waals surface area contributed by atoms with E-state index in [1.807, 2.05) is 51.1 Å². The molecule has 2 amide bonds. The van der Waals surface area contributed by atoms with Gasteiger partial charge in [0.05, 0.1) is 12.2 Å². The summed E-state index contributed by atoms with van der Waals surface area (Å²) in [5.41, 5.74) is 3.25. The first kappa shape index (κ1) is 23.1. The molecule has 1 saturated heterocycles. The molecule has 2 aliphatic heterocycles. The summed E-state index contributed by atoms with van der Waals surface area (Å²) in [6.45, 7) is 8.62. The molecule has 0 spiro atoms. The molecule has 5 heteroatoms. The van der Waals surface area contributed by atoms with Crippen LogP contribution in [0.2, 0.25) is 0 Å². The van der Waals surface area contributed by atoms with Crippen LogP contribution in [0.5, 0.6) is 5.75 Å². The minimum absolute atomic E-state index is 0.154. The SMILES string of the molecule is CCOc1ccc(C2=C(N3CCC(Cc4ccccc4)CC3)C(=O)N(CC(C)C)C2=O)cc1. The molecule has 0 saturated carbocycles. The Balaban J connectivity index is 1.57. The van der Waals surface area contributed by atoms with E-state index in [0.717, 1.165) is 43.7 Å².